The summed E-state index contributed by atoms with van der Waals surface area (Å²) in [6.07, 6.45) is -3.56. The number of hydrogen-bond acceptors (Lipinski definition) is 7. The molecule has 0 fully saturated rings. The van der Waals surface area contributed by atoms with Gasteiger partial charge in [0.25, 0.3) is 0 Å². The maximum absolute atomic E-state index is 10.1. The molecule has 0 saturated carbocycles. The second-order valence-electron chi connectivity index (χ2n) is 2.27. The van der Waals surface area contributed by atoms with Crippen molar-refractivity contribution in [1.82, 2.24) is 0 Å². The first-order valence-electron chi connectivity index (χ1n) is 3.16. The van der Waals surface area contributed by atoms with Crippen molar-refractivity contribution in [1.29, 1.82) is 0 Å². The van der Waals surface area contributed by atoms with Gasteiger partial charge in [-0.3, -0.25) is 0 Å². The van der Waals surface area contributed by atoms with Gasteiger partial charge in [-0.15, -0.1) is 0 Å². The molecule has 74 valence electrons. The molecule has 0 saturated heterocycles. The van der Waals surface area contributed by atoms with Crippen LogP contribution in [-0.4, -0.2) is 29.1 Å². The first-order valence-corrected chi connectivity index (χ1v) is 3.16. The van der Waals surface area contributed by atoms with Crippen molar-refractivity contribution in [2.24, 2.45) is 5.92 Å². The second kappa shape index (κ2) is 4.41. The zero-order valence-electron chi connectivity index (χ0n) is 6.26. The first-order chi connectivity index (χ1) is 5.86. The van der Waals surface area contributed by atoms with Gasteiger partial charge in [0.05, 0.1) is 5.97 Å². The van der Waals surface area contributed by atoms with E-state index >= 15 is 0 Å². The zero-order valence-corrected chi connectivity index (χ0v) is 6.26. The molecule has 0 rings (SSSR count). The molecule has 0 aliphatic carbocycles. The van der Waals surface area contributed by atoms with Crippen molar-refractivity contribution in [3.05, 3.63) is 0 Å². The van der Waals surface area contributed by atoms with Crippen LogP contribution in [0.3, 0.4) is 0 Å². The number of hydrogen-bond donors (Lipinski definition) is 1. The van der Waals surface area contributed by atoms with Gasteiger partial charge in [0, 0.05) is 17.9 Å². The van der Waals surface area contributed by atoms with E-state index in [1.54, 1.807) is 0 Å². The zero-order chi connectivity index (χ0) is 10.6. The van der Waals surface area contributed by atoms with Crippen LogP contribution in [0.15, 0.2) is 0 Å². The van der Waals surface area contributed by atoms with E-state index in [4.69, 9.17) is 5.11 Å². The molecule has 13 heavy (non-hydrogen) atoms. The fraction of sp³-hybridized carbons (Fsp3) is 0.500. The largest absolute Gasteiger partial charge is 0.550 e. The lowest BCUT2D eigenvalue weighted by Crippen LogP contribution is -2.49. The van der Waals surface area contributed by atoms with E-state index in [1.807, 2.05) is 0 Å². The lowest BCUT2D eigenvalue weighted by Gasteiger charge is -2.24. The molecule has 0 radical (unpaired) electrons. The summed E-state index contributed by atoms with van der Waals surface area (Å²) < 4.78 is 0. The molecule has 0 aromatic carbocycles. The third-order valence-corrected chi connectivity index (χ3v) is 1.31. The summed E-state index contributed by atoms with van der Waals surface area (Å²) in [6, 6.07) is 0. The number of aliphatic hydroxyl groups is 1. The molecule has 0 aromatic rings. The van der Waals surface area contributed by atoms with Crippen LogP contribution in [0.1, 0.15) is 6.42 Å². The fourth-order valence-corrected chi connectivity index (χ4v) is 0.668. The van der Waals surface area contributed by atoms with Gasteiger partial charge >= 0.3 is 0 Å². The SMILES string of the molecule is O=C([O-])C[C@H](C(=O)[O-])[C@@H](O)C(=O)[O-]. The molecule has 0 spiro atoms. The predicted octanol–water partition coefficient (Wildman–Crippen LogP) is -5.40. The maximum Gasteiger partial charge on any atom is 0.102 e. The predicted molar refractivity (Wildman–Crippen MR) is 29.1 cm³/mol. The fourth-order valence-electron chi connectivity index (χ4n) is 0.668. The molecular weight excluding hydrogens is 184 g/mol. The van der Waals surface area contributed by atoms with E-state index in [9.17, 15) is 29.7 Å². The molecule has 0 unspecified atom stereocenters. The van der Waals surface area contributed by atoms with E-state index in [0.29, 0.717) is 0 Å². The Hall–Kier alpha value is -1.63. The summed E-state index contributed by atoms with van der Waals surface area (Å²) >= 11 is 0. The smallest absolute Gasteiger partial charge is 0.102 e. The second-order valence-corrected chi connectivity index (χ2v) is 2.27. The lowest BCUT2D eigenvalue weighted by molar-refractivity contribution is -0.334. The molecule has 2 atom stereocenters. The summed E-state index contributed by atoms with van der Waals surface area (Å²) in [6.45, 7) is 0. The van der Waals surface area contributed by atoms with Crippen LogP contribution in [0.2, 0.25) is 0 Å². The van der Waals surface area contributed by atoms with Crippen molar-refractivity contribution < 1.29 is 34.8 Å². The Kier molecular flexibility index (Phi) is 3.86. The Balaban J connectivity index is 4.51. The molecule has 0 heterocycles. The summed E-state index contributed by atoms with van der Waals surface area (Å²) in [5.41, 5.74) is 0. The Morgan fingerprint density at radius 2 is 1.54 bits per heavy atom. The highest BCUT2D eigenvalue weighted by Gasteiger charge is 2.21. The third-order valence-electron chi connectivity index (χ3n) is 1.31. The van der Waals surface area contributed by atoms with Crippen molar-refractivity contribution in [2.45, 2.75) is 12.5 Å². The van der Waals surface area contributed by atoms with Crippen molar-refractivity contribution in [2.75, 3.05) is 0 Å². The van der Waals surface area contributed by atoms with Gasteiger partial charge < -0.3 is 34.8 Å². The monoisotopic (exact) mass is 189 g/mol. The van der Waals surface area contributed by atoms with Gasteiger partial charge in [-0.25, -0.2) is 0 Å². The van der Waals surface area contributed by atoms with Gasteiger partial charge in [-0.05, 0) is 6.42 Å². The minimum atomic E-state index is -2.41. The van der Waals surface area contributed by atoms with Crippen LogP contribution >= 0.6 is 0 Å². The molecule has 0 bridgehead atoms. The van der Waals surface area contributed by atoms with Crippen LogP contribution in [0.5, 0.6) is 0 Å². The number of carbonyl (C=O) groups excluding carboxylic acids is 3. The average Bonchev–Trinajstić information content (AvgIpc) is 1.97. The van der Waals surface area contributed by atoms with Gasteiger partial charge in [0.2, 0.25) is 0 Å². The van der Waals surface area contributed by atoms with Gasteiger partial charge in [-0.2, -0.15) is 0 Å². The summed E-state index contributed by atoms with van der Waals surface area (Å²) in [4.78, 5) is 30.0. The summed E-state index contributed by atoms with van der Waals surface area (Å²) in [5, 5.41) is 38.6. The number of aliphatic hydroxyl groups excluding tert-OH is 1. The van der Waals surface area contributed by atoms with Gasteiger partial charge in [0.1, 0.15) is 6.10 Å². The van der Waals surface area contributed by atoms with Gasteiger partial charge in [0.15, 0.2) is 0 Å². The molecule has 0 aliphatic heterocycles. The molecule has 0 amide bonds. The molecule has 7 heteroatoms. The van der Waals surface area contributed by atoms with Crippen LogP contribution in [-0.2, 0) is 14.4 Å². The van der Waals surface area contributed by atoms with E-state index in [0.717, 1.165) is 0 Å². The van der Waals surface area contributed by atoms with E-state index in [2.05, 4.69) is 0 Å². The maximum atomic E-state index is 10.1. The number of aliphatic carboxylic acids is 3. The number of carbonyl (C=O) groups is 3. The van der Waals surface area contributed by atoms with Gasteiger partial charge in [-0.1, -0.05) is 0 Å². The summed E-state index contributed by atoms with van der Waals surface area (Å²) in [5.74, 6) is -7.92. The number of carboxylic acids is 3. The quantitative estimate of drug-likeness (QED) is 0.454. The molecule has 7 nitrogen and oxygen atoms in total. The standard InChI is InChI=1S/C6H8O7/c7-3(8)1-2(5(10)11)4(9)6(12)13/h2,4,9H,1H2,(H,7,8)(H,10,11)(H,12,13)/p-3/t2-,4+/m0/s1. The van der Waals surface area contributed by atoms with Crippen LogP contribution in [0, 0.1) is 5.92 Å². The Morgan fingerprint density at radius 3 is 1.77 bits per heavy atom. The minimum absolute atomic E-state index is 1.14. The topological polar surface area (TPSA) is 141 Å². The van der Waals surface area contributed by atoms with Crippen molar-refractivity contribution in [3.8, 4) is 0 Å². The molecular formula is C6H5O7-3. The Bertz CT molecular complexity index is 233. The van der Waals surface area contributed by atoms with Crippen molar-refractivity contribution in [3.63, 3.8) is 0 Å². The average molecular weight is 189 g/mol. The highest BCUT2D eigenvalue weighted by atomic mass is 16.4. The Labute approximate surface area is 72.2 Å². The summed E-state index contributed by atoms with van der Waals surface area (Å²) in [7, 11) is 0. The van der Waals surface area contributed by atoms with E-state index in [1.165, 1.54) is 0 Å². The van der Waals surface area contributed by atoms with E-state index in [-0.39, 0.29) is 0 Å². The molecule has 1 N–H and O–H groups in total. The molecule has 0 aromatic heterocycles. The number of rotatable bonds is 5. The Morgan fingerprint density at radius 1 is 1.08 bits per heavy atom. The van der Waals surface area contributed by atoms with Crippen LogP contribution in [0.4, 0.5) is 0 Å². The highest BCUT2D eigenvalue weighted by Crippen LogP contribution is 2.06. The lowest BCUT2D eigenvalue weighted by atomic mass is 9.99. The highest BCUT2D eigenvalue weighted by molar-refractivity contribution is 5.82. The molecule has 0 aliphatic rings. The first kappa shape index (κ1) is 11.4. The number of carboxylic acid groups (broad SMARTS) is 3. The van der Waals surface area contributed by atoms with E-state index < -0.39 is 36.4 Å². The van der Waals surface area contributed by atoms with Crippen LogP contribution in [0.25, 0.3) is 0 Å². The third kappa shape index (κ3) is 3.52. The minimum Gasteiger partial charge on any atom is -0.550 e. The van der Waals surface area contributed by atoms with Crippen molar-refractivity contribution >= 4 is 17.9 Å². The van der Waals surface area contributed by atoms with Crippen LogP contribution < -0.4 is 15.3 Å². The normalized spacial score (nSPS) is 14.5.